The summed E-state index contributed by atoms with van der Waals surface area (Å²) in [5.41, 5.74) is 3.22. The molecule has 0 aromatic heterocycles. The molecule has 0 aliphatic carbocycles. The van der Waals surface area contributed by atoms with E-state index in [0.717, 1.165) is 11.3 Å². The molecule has 1 aliphatic rings. The number of carbonyl (C=O) groups excluding carboxylic acids is 2. The van der Waals surface area contributed by atoms with Gasteiger partial charge in [0.15, 0.2) is 0 Å². The van der Waals surface area contributed by atoms with Gasteiger partial charge in [0.05, 0.1) is 6.54 Å². The fourth-order valence-corrected chi connectivity index (χ4v) is 1.86. The zero-order chi connectivity index (χ0) is 12.4. The van der Waals surface area contributed by atoms with Crippen LogP contribution < -0.4 is 10.2 Å². The highest BCUT2D eigenvalue weighted by atomic mass is 16.2. The molecule has 0 radical (unpaired) electrons. The van der Waals surface area contributed by atoms with Crippen LogP contribution >= 0.6 is 0 Å². The molecule has 4 heteroatoms. The lowest BCUT2D eigenvalue weighted by molar-refractivity contribution is -0.123. The molecule has 0 bridgehead atoms. The van der Waals surface area contributed by atoms with Crippen LogP contribution in [0.1, 0.15) is 17.5 Å². The second-order valence-corrected chi connectivity index (χ2v) is 4.34. The average molecular weight is 232 g/mol. The second kappa shape index (κ2) is 4.57. The van der Waals surface area contributed by atoms with Gasteiger partial charge in [0.1, 0.15) is 0 Å². The average Bonchev–Trinajstić information content (AvgIpc) is 2.46. The maximum Gasteiger partial charge on any atom is 0.246 e. The van der Waals surface area contributed by atoms with Crippen molar-refractivity contribution in [1.29, 1.82) is 0 Å². The Bertz CT molecular complexity index is 468. The fraction of sp³-hybridized carbons (Fsp3) is 0.385. The fourth-order valence-electron chi connectivity index (χ4n) is 1.86. The van der Waals surface area contributed by atoms with Crippen LogP contribution in [0.4, 0.5) is 5.69 Å². The molecule has 1 N–H and O–H groups in total. The number of amides is 2. The first-order valence-electron chi connectivity index (χ1n) is 5.72. The predicted molar refractivity (Wildman–Crippen MR) is 65.9 cm³/mol. The van der Waals surface area contributed by atoms with E-state index >= 15 is 0 Å². The van der Waals surface area contributed by atoms with Crippen LogP contribution in [-0.4, -0.2) is 24.9 Å². The number of hydrogen-bond acceptors (Lipinski definition) is 2. The molecule has 1 saturated heterocycles. The summed E-state index contributed by atoms with van der Waals surface area (Å²) in [6, 6.07) is 5.91. The van der Waals surface area contributed by atoms with Gasteiger partial charge in [-0.3, -0.25) is 9.59 Å². The van der Waals surface area contributed by atoms with E-state index in [2.05, 4.69) is 5.32 Å². The van der Waals surface area contributed by atoms with Crippen LogP contribution in [0.25, 0.3) is 0 Å². The molecule has 2 amide bonds. The van der Waals surface area contributed by atoms with Crippen LogP contribution in [0.5, 0.6) is 0 Å². The molecule has 0 unspecified atom stereocenters. The highest BCUT2D eigenvalue weighted by Gasteiger charge is 2.21. The van der Waals surface area contributed by atoms with Gasteiger partial charge in [-0.1, -0.05) is 6.07 Å². The van der Waals surface area contributed by atoms with Gasteiger partial charge in [0.2, 0.25) is 11.8 Å². The molecule has 4 nitrogen and oxygen atoms in total. The van der Waals surface area contributed by atoms with Crippen LogP contribution in [0.2, 0.25) is 0 Å². The minimum absolute atomic E-state index is 0.0564. The van der Waals surface area contributed by atoms with Gasteiger partial charge in [-0.15, -0.1) is 0 Å². The lowest BCUT2D eigenvalue weighted by Gasteiger charge is -2.20. The van der Waals surface area contributed by atoms with Crippen molar-refractivity contribution in [2.24, 2.45) is 0 Å². The maximum absolute atomic E-state index is 11.9. The molecule has 1 aliphatic heterocycles. The Morgan fingerprint density at radius 3 is 2.65 bits per heavy atom. The zero-order valence-electron chi connectivity index (χ0n) is 10.1. The number of carbonyl (C=O) groups is 2. The van der Waals surface area contributed by atoms with Gasteiger partial charge in [-0.25, -0.2) is 0 Å². The van der Waals surface area contributed by atoms with Crippen LogP contribution in [0.15, 0.2) is 18.2 Å². The molecule has 90 valence electrons. The molecular formula is C13H16N2O2. The number of aryl methyl sites for hydroxylation is 2. The van der Waals surface area contributed by atoms with Gasteiger partial charge < -0.3 is 10.2 Å². The van der Waals surface area contributed by atoms with Crippen molar-refractivity contribution in [2.75, 3.05) is 18.0 Å². The predicted octanol–water partition coefficient (Wildman–Crippen LogP) is 1.16. The SMILES string of the molecule is Cc1ccc(N2CCC(=O)NCC2=O)cc1C. The van der Waals surface area contributed by atoms with E-state index in [9.17, 15) is 9.59 Å². The molecule has 1 aromatic carbocycles. The normalized spacial score (nSPS) is 16.7. The minimum atomic E-state index is -0.0651. The summed E-state index contributed by atoms with van der Waals surface area (Å²) in [5, 5.41) is 2.59. The van der Waals surface area contributed by atoms with Gasteiger partial charge in [0, 0.05) is 18.7 Å². The Morgan fingerprint density at radius 1 is 1.18 bits per heavy atom. The van der Waals surface area contributed by atoms with Crippen molar-refractivity contribution < 1.29 is 9.59 Å². The topological polar surface area (TPSA) is 49.4 Å². The summed E-state index contributed by atoms with van der Waals surface area (Å²) in [6.45, 7) is 4.60. The standard InChI is InChI=1S/C13H16N2O2/c1-9-3-4-11(7-10(9)2)15-6-5-12(16)14-8-13(15)17/h3-4,7H,5-6,8H2,1-2H3,(H,14,16). The van der Waals surface area contributed by atoms with E-state index in [1.165, 1.54) is 5.56 Å². The summed E-state index contributed by atoms with van der Waals surface area (Å²) in [5.74, 6) is -0.121. The lowest BCUT2D eigenvalue weighted by atomic mass is 10.1. The third kappa shape index (κ3) is 2.46. The molecule has 1 aromatic rings. The Morgan fingerprint density at radius 2 is 1.94 bits per heavy atom. The van der Waals surface area contributed by atoms with E-state index in [1.54, 1.807) is 4.90 Å². The largest absolute Gasteiger partial charge is 0.347 e. The Hall–Kier alpha value is -1.84. The third-order valence-corrected chi connectivity index (χ3v) is 3.10. The summed E-state index contributed by atoms with van der Waals surface area (Å²) < 4.78 is 0. The van der Waals surface area contributed by atoms with Crippen molar-refractivity contribution in [3.8, 4) is 0 Å². The number of anilines is 1. The first kappa shape index (κ1) is 11.6. The van der Waals surface area contributed by atoms with Gasteiger partial charge >= 0.3 is 0 Å². The van der Waals surface area contributed by atoms with Gasteiger partial charge in [-0.05, 0) is 37.1 Å². The number of nitrogens with zero attached hydrogens (tertiary/aromatic N) is 1. The quantitative estimate of drug-likeness (QED) is 0.789. The van der Waals surface area contributed by atoms with E-state index in [0.29, 0.717) is 13.0 Å². The van der Waals surface area contributed by atoms with Crippen LogP contribution in [0.3, 0.4) is 0 Å². The van der Waals surface area contributed by atoms with Crippen LogP contribution in [0, 0.1) is 13.8 Å². The summed E-state index contributed by atoms with van der Waals surface area (Å²) in [4.78, 5) is 24.8. The molecule has 2 rings (SSSR count). The molecular weight excluding hydrogens is 216 g/mol. The van der Waals surface area contributed by atoms with Gasteiger partial charge in [-0.2, -0.15) is 0 Å². The summed E-state index contributed by atoms with van der Waals surface area (Å²) in [6.07, 6.45) is 0.360. The van der Waals surface area contributed by atoms with Gasteiger partial charge in [0.25, 0.3) is 0 Å². The van der Waals surface area contributed by atoms with Crippen molar-refractivity contribution in [1.82, 2.24) is 5.32 Å². The van der Waals surface area contributed by atoms with Crippen molar-refractivity contribution in [2.45, 2.75) is 20.3 Å². The first-order chi connectivity index (χ1) is 8.08. The molecule has 0 spiro atoms. The Balaban J connectivity index is 2.28. The summed E-state index contributed by atoms with van der Waals surface area (Å²) >= 11 is 0. The zero-order valence-corrected chi connectivity index (χ0v) is 10.1. The number of rotatable bonds is 1. The number of nitrogens with one attached hydrogen (secondary N) is 1. The molecule has 0 saturated carbocycles. The highest BCUT2D eigenvalue weighted by Crippen LogP contribution is 2.19. The second-order valence-electron chi connectivity index (χ2n) is 4.34. The van der Waals surface area contributed by atoms with E-state index < -0.39 is 0 Å². The van der Waals surface area contributed by atoms with Crippen molar-refractivity contribution >= 4 is 17.5 Å². The monoisotopic (exact) mass is 232 g/mol. The number of benzene rings is 1. The smallest absolute Gasteiger partial charge is 0.246 e. The van der Waals surface area contributed by atoms with E-state index in [4.69, 9.17) is 0 Å². The minimum Gasteiger partial charge on any atom is -0.347 e. The van der Waals surface area contributed by atoms with Crippen molar-refractivity contribution in [3.63, 3.8) is 0 Å². The lowest BCUT2D eigenvalue weighted by Crippen LogP contribution is -2.35. The maximum atomic E-state index is 11.9. The van der Waals surface area contributed by atoms with Crippen LogP contribution in [-0.2, 0) is 9.59 Å². The Kier molecular flexibility index (Phi) is 3.13. The summed E-state index contributed by atoms with van der Waals surface area (Å²) in [7, 11) is 0. The third-order valence-electron chi connectivity index (χ3n) is 3.10. The van der Waals surface area contributed by atoms with E-state index in [-0.39, 0.29) is 18.4 Å². The molecule has 17 heavy (non-hydrogen) atoms. The molecule has 0 atom stereocenters. The first-order valence-corrected chi connectivity index (χ1v) is 5.72. The highest BCUT2D eigenvalue weighted by molar-refractivity contribution is 5.98. The number of hydrogen-bond donors (Lipinski definition) is 1. The van der Waals surface area contributed by atoms with E-state index in [1.807, 2.05) is 32.0 Å². The molecule has 1 heterocycles. The molecule has 1 fully saturated rings. The van der Waals surface area contributed by atoms with Crippen molar-refractivity contribution in [3.05, 3.63) is 29.3 Å². The Labute approximate surface area is 101 Å².